The van der Waals surface area contributed by atoms with Gasteiger partial charge in [0.25, 0.3) is 5.56 Å². The first-order chi connectivity index (χ1) is 12.7. The van der Waals surface area contributed by atoms with Gasteiger partial charge in [-0.1, -0.05) is 25.3 Å². The predicted octanol–water partition coefficient (Wildman–Crippen LogP) is 4.45. The highest BCUT2D eigenvalue weighted by molar-refractivity contribution is 7.18. The van der Waals surface area contributed by atoms with Crippen LogP contribution < -0.4 is 10.9 Å². The molecule has 4 nitrogen and oxygen atoms in total. The molecule has 1 aliphatic rings. The summed E-state index contributed by atoms with van der Waals surface area (Å²) in [7, 11) is 0. The Morgan fingerprint density at radius 1 is 1.19 bits per heavy atom. The normalized spacial score (nSPS) is 17.9. The molecular weight excluding hydrogens is 362 g/mol. The molecule has 6 heteroatoms. The number of nitrogens with two attached hydrogens (primary N) is 1. The Morgan fingerprint density at radius 2 is 1.96 bits per heavy atom. The van der Waals surface area contributed by atoms with Crippen molar-refractivity contribution in [1.29, 1.82) is 0 Å². The van der Waals surface area contributed by atoms with Gasteiger partial charge in [0, 0.05) is 15.8 Å². The number of thiophene rings is 2. The van der Waals surface area contributed by atoms with E-state index in [-0.39, 0.29) is 11.6 Å². The maximum atomic E-state index is 12.8. The van der Waals surface area contributed by atoms with E-state index in [4.69, 9.17) is 4.98 Å². The standard InChI is InChI=1S/C20H25N3OS2/c1-13(21-14-8-5-3-2-4-6-9-14)18-22-19(24)17-15(12-26-20(17)23-18)16-10-7-11-25-16/h7,10-14,21H,2-6,8-9H2,1H3,(H,22,23,24)/p+1/t13-/m0/s1. The quantitative estimate of drug-likeness (QED) is 0.693. The Balaban J connectivity index is 1.58. The zero-order chi connectivity index (χ0) is 17.9. The zero-order valence-corrected chi connectivity index (χ0v) is 16.8. The molecule has 0 spiro atoms. The fourth-order valence-corrected chi connectivity index (χ4v) is 5.74. The van der Waals surface area contributed by atoms with E-state index in [1.807, 2.05) is 11.4 Å². The number of nitrogens with zero attached hydrogens (tertiary/aromatic N) is 1. The molecule has 0 saturated heterocycles. The second kappa shape index (κ2) is 8.03. The molecule has 1 fully saturated rings. The summed E-state index contributed by atoms with van der Waals surface area (Å²) in [4.78, 5) is 22.6. The third-order valence-corrected chi connectivity index (χ3v) is 7.17. The highest BCUT2D eigenvalue weighted by atomic mass is 32.1. The molecule has 3 N–H and O–H groups in total. The van der Waals surface area contributed by atoms with Gasteiger partial charge in [-0.25, -0.2) is 4.98 Å². The molecule has 1 aliphatic carbocycles. The number of aromatic amines is 1. The van der Waals surface area contributed by atoms with Crippen LogP contribution in [0.15, 0.2) is 27.7 Å². The monoisotopic (exact) mass is 388 g/mol. The number of quaternary nitrogens is 1. The van der Waals surface area contributed by atoms with Crippen LogP contribution in [0.4, 0.5) is 0 Å². The predicted molar refractivity (Wildman–Crippen MR) is 110 cm³/mol. The van der Waals surface area contributed by atoms with E-state index >= 15 is 0 Å². The van der Waals surface area contributed by atoms with Crippen LogP contribution in [0.1, 0.15) is 63.7 Å². The summed E-state index contributed by atoms with van der Waals surface area (Å²) in [5, 5.41) is 7.26. The second-order valence-electron chi connectivity index (χ2n) is 7.34. The van der Waals surface area contributed by atoms with Gasteiger partial charge in [0.05, 0.1) is 11.4 Å². The van der Waals surface area contributed by atoms with Gasteiger partial charge in [-0.05, 0) is 44.1 Å². The van der Waals surface area contributed by atoms with Crippen LogP contribution in [0, 0.1) is 0 Å². The first kappa shape index (κ1) is 17.9. The molecule has 0 aliphatic heterocycles. The van der Waals surface area contributed by atoms with Gasteiger partial charge in [0.15, 0.2) is 5.82 Å². The van der Waals surface area contributed by atoms with Crippen LogP contribution in [0.5, 0.6) is 0 Å². The third-order valence-electron chi connectivity index (χ3n) is 5.39. The largest absolute Gasteiger partial charge is 0.335 e. The van der Waals surface area contributed by atoms with E-state index in [1.165, 1.54) is 44.9 Å². The highest BCUT2D eigenvalue weighted by Crippen LogP contribution is 2.33. The Bertz CT molecular complexity index is 905. The number of nitrogens with one attached hydrogen (secondary N) is 1. The minimum atomic E-state index is -0.00688. The topological polar surface area (TPSA) is 62.4 Å². The summed E-state index contributed by atoms with van der Waals surface area (Å²) >= 11 is 3.23. The Morgan fingerprint density at radius 3 is 2.69 bits per heavy atom. The molecular formula is C20H26N3OS2+. The van der Waals surface area contributed by atoms with E-state index in [0.29, 0.717) is 6.04 Å². The molecule has 1 saturated carbocycles. The summed E-state index contributed by atoms with van der Waals surface area (Å²) < 4.78 is 0. The van der Waals surface area contributed by atoms with Crippen LogP contribution in [-0.2, 0) is 0 Å². The lowest BCUT2D eigenvalue weighted by Gasteiger charge is -2.21. The molecule has 0 bridgehead atoms. The molecule has 0 aromatic carbocycles. The summed E-state index contributed by atoms with van der Waals surface area (Å²) in [6.07, 6.45) is 9.31. The van der Waals surface area contributed by atoms with Crippen LogP contribution in [0.3, 0.4) is 0 Å². The summed E-state index contributed by atoms with van der Waals surface area (Å²) in [5.41, 5.74) is 1.00. The SMILES string of the molecule is C[C@H]([NH2+]C1CCCCCCC1)c1nc2scc(-c3cccs3)c2c(=O)[nH]1. The molecule has 4 rings (SSSR count). The molecule has 0 amide bonds. The van der Waals surface area contributed by atoms with Crippen molar-refractivity contribution in [3.8, 4) is 10.4 Å². The first-order valence-corrected chi connectivity index (χ1v) is 11.4. The van der Waals surface area contributed by atoms with Crippen LogP contribution >= 0.6 is 22.7 Å². The summed E-state index contributed by atoms with van der Waals surface area (Å²) in [5.74, 6) is 0.809. The Hall–Kier alpha value is -1.50. The van der Waals surface area contributed by atoms with Crippen molar-refractivity contribution < 1.29 is 5.32 Å². The average molecular weight is 389 g/mol. The van der Waals surface area contributed by atoms with Crippen molar-refractivity contribution in [1.82, 2.24) is 9.97 Å². The molecule has 26 heavy (non-hydrogen) atoms. The van der Waals surface area contributed by atoms with Gasteiger partial charge >= 0.3 is 0 Å². The van der Waals surface area contributed by atoms with E-state index < -0.39 is 0 Å². The van der Waals surface area contributed by atoms with Crippen molar-refractivity contribution >= 4 is 32.9 Å². The van der Waals surface area contributed by atoms with Gasteiger partial charge in [-0.2, -0.15) is 0 Å². The van der Waals surface area contributed by atoms with E-state index in [1.54, 1.807) is 22.7 Å². The Labute approximate surface area is 161 Å². The highest BCUT2D eigenvalue weighted by Gasteiger charge is 2.22. The van der Waals surface area contributed by atoms with E-state index in [2.05, 4.69) is 28.7 Å². The van der Waals surface area contributed by atoms with Crippen molar-refractivity contribution in [2.24, 2.45) is 0 Å². The van der Waals surface area contributed by atoms with Crippen molar-refractivity contribution in [3.63, 3.8) is 0 Å². The fourth-order valence-electron chi connectivity index (χ4n) is 3.97. The van der Waals surface area contributed by atoms with Gasteiger partial charge in [-0.15, -0.1) is 22.7 Å². The number of rotatable bonds is 4. The minimum absolute atomic E-state index is 0.00688. The summed E-state index contributed by atoms with van der Waals surface area (Å²) in [6.45, 7) is 2.16. The molecule has 138 valence electrons. The second-order valence-corrected chi connectivity index (χ2v) is 9.15. The molecule has 3 aromatic rings. The van der Waals surface area contributed by atoms with Crippen molar-refractivity contribution in [2.75, 3.05) is 0 Å². The minimum Gasteiger partial charge on any atom is -0.335 e. The third kappa shape index (κ3) is 3.77. The lowest BCUT2D eigenvalue weighted by atomic mass is 9.96. The van der Waals surface area contributed by atoms with E-state index in [9.17, 15) is 4.79 Å². The number of fused-ring (bicyclic) bond motifs is 1. The number of H-pyrrole nitrogens is 1. The summed E-state index contributed by atoms with van der Waals surface area (Å²) in [6, 6.07) is 4.91. The van der Waals surface area contributed by atoms with Crippen LogP contribution in [-0.4, -0.2) is 16.0 Å². The molecule has 0 unspecified atom stereocenters. The number of aromatic nitrogens is 2. The molecule has 3 heterocycles. The van der Waals surface area contributed by atoms with Crippen molar-refractivity contribution in [2.45, 2.75) is 64.0 Å². The molecule has 1 atom stereocenters. The van der Waals surface area contributed by atoms with Crippen LogP contribution in [0.25, 0.3) is 20.7 Å². The van der Waals surface area contributed by atoms with Gasteiger partial charge in [0.2, 0.25) is 0 Å². The van der Waals surface area contributed by atoms with Crippen LogP contribution in [0.2, 0.25) is 0 Å². The number of hydrogen-bond acceptors (Lipinski definition) is 4. The Kier molecular flexibility index (Phi) is 5.52. The lowest BCUT2D eigenvalue weighted by Crippen LogP contribution is -2.90. The van der Waals surface area contributed by atoms with E-state index in [0.717, 1.165) is 26.5 Å². The van der Waals surface area contributed by atoms with Crippen molar-refractivity contribution in [3.05, 3.63) is 39.1 Å². The molecule has 3 aromatic heterocycles. The maximum Gasteiger partial charge on any atom is 0.260 e. The number of hydrogen-bond donors (Lipinski definition) is 2. The maximum absolute atomic E-state index is 12.8. The fraction of sp³-hybridized carbons (Fsp3) is 0.500. The molecule has 0 radical (unpaired) electrons. The van der Waals surface area contributed by atoms with Gasteiger partial charge < -0.3 is 10.3 Å². The first-order valence-electron chi connectivity index (χ1n) is 9.62. The van der Waals surface area contributed by atoms with Gasteiger partial charge in [0.1, 0.15) is 10.9 Å². The zero-order valence-electron chi connectivity index (χ0n) is 15.2. The van der Waals surface area contributed by atoms with Gasteiger partial charge in [-0.3, -0.25) is 4.79 Å². The lowest BCUT2D eigenvalue weighted by molar-refractivity contribution is -0.727. The smallest absolute Gasteiger partial charge is 0.260 e. The average Bonchev–Trinajstić information content (AvgIpc) is 3.26.